The minimum Gasteiger partial charge on any atom is -0.465 e. The number of methoxy groups -OCH3 is 2. The third-order valence-electron chi connectivity index (χ3n) is 6.38. The van der Waals surface area contributed by atoms with E-state index in [1.807, 2.05) is 91.0 Å². The number of carbonyl (C=O) groups excluding carboxylic acids is 1. The molecule has 4 aromatic rings. The van der Waals surface area contributed by atoms with Crippen LogP contribution in [0, 0.1) is 0 Å². The predicted molar refractivity (Wildman–Crippen MR) is 140 cm³/mol. The van der Waals surface area contributed by atoms with Gasteiger partial charge < -0.3 is 9.47 Å². The lowest BCUT2D eigenvalue weighted by molar-refractivity contribution is -0.135. The molecule has 0 aliphatic heterocycles. The normalized spacial score (nSPS) is 14.4. The zero-order valence-electron chi connectivity index (χ0n) is 19.8. The average molecular weight is 459 g/mol. The van der Waals surface area contributed by atoms with Crippen LogP contribution in [0.1, 0.15) is 33.9 Å². The first-order valence-electron chi connectivity index (χ1n) is 11.6. The van der Waals surface area contributed by atoms with Crippen LogP contribution in [-0.4, -0.2) is 20.2 Å². The van der Waals surface area contributed by atoms with Crippen molar-refractivity contribution in [2.75, 3.05) is 14.2 Å². The Balaban J connectivity index is 1.94. The lowest BCUT2D eigenvalue weighted by Crippen LogP contribution is -2.15. The topological polar surface area (TPSA) is 35.5 Å². The smallest absolute Gasteiger partial charge is 0.338 e. The maximum atomic E-state index is 13.7. The van der Waals surface area contributed by atoms with E-state index < -0.39 is 12.1 Å². The monoisotopic (exact) mass is 458 g/mol. The van der Waals surface area contributed by atoms with Gasteiger partial charge in [-0.15, -0.1) is 0 Å². The first-order chi connectivity index (χ1) is 17.2. The highest BCUT2D eigenvalue weighted by Gasteiger charge is 2.38. The van der Waals surface area contributed by atoms with Crippen molar-refractivity contribution in [1.29, 1.82) is 0 Å². The van der Waals surface area contributed by atoms with Crippen molar-refractivity contribution in [2.24, 2.45) is 0 Å². The quantitative estimate of drug-likeness (QED) is 0.234. The second-order valence-corrected chi connectivity index (χ2v) is 8.33. The molecule has 1 atom stereocenters. The van der Waals surface area contributed by atoms with Gasteiger partial charge in [-0.25, -0.2) is 4.79 Å². The molecule has 0 saturated heterocycles. The van der Waals surface area contributed by atoms with Gasteiger partial charge in [-0.1, -0.05) is 115 Å². The van der Waals surface area contributed by atoms with E-state index in [0.29, 0.717) is 5.57 Å². The molecule has 1 aliphatic carbocycles. The van der Waals surface area contributed by atoms with Crippen LogP contribution in [-0.2, 0) is 14.3 Å². The van der Waals surface area contributed by atoms with Crippen molar-refractivity contribution < 1.29 is 14.3 Å². The Hall–Kier alpha value is -4.21. The highest BCUT2D eigenvalue weighted by Crippen LogP contribution is 2.50. The van der Waals surface area contributed by atoms with Gasteiger partial charge in [0.1, 0.15) is 6.10 Å². The number of esters is 1. The molecule has 5 rings (SSSR count). The SMILES string of the molecule is COC(=O)C(=C(c1ccccc1)c1ccccc1)C1=C(c2ccccc2)c2ccccc2C1OC. The van der Waals surface area contributed by atoms with Gasteiger partial charge in [-0.3, -0.25) is 0 Å². The molecule has 0 fully saturated rings. The van der Waals surface area contributed by atoms with Crippen molar-refractivity contribution in [3.05, 3.63) is 154 Å². The molecule has 172 valence electrons. The molecule has 0 saturated carbocycles. The molecular weight excluding hydrogens is 432 g/mol. The van der Waals surface area contributed by atoms with Gasteiger partial charge in [-0.2, -0.15) is 0 Å². The van der Waals surface area contributed by atoms with Gasteiger partial charge in [0.25, 0.3) is 0 Å². The fourth-order valence-electron chi connectivity index (χ4n) is 4.92. The molecule has 1 unspecified atom stereocenters. The van der Waals surface area contributed by atoms with Crippen LogP contribution in [0.4, 0.5) is 0 Å². The van der Waals surface area contributed by atoms with Gasteiger partial charge in [0.05, 0.1) is 12.7 Å². The number of carbonyl (C=O) groups is 1. The Morgan fingerprint density at radius 1 is 0.657 bits per heavy atom. The van der Waals surface area contributed by atoms with Crippen molar-refractivity contribution in [3.63, 3.8) is 0 Å². The Labute approximate surface area is 206 Å². The summed E-state index contributed by atoms with van der Waals surface area (Å²) in [5.74, 6) is -0.397. The van der Waals surface area contributed by atoms with Crippen LogP contribution < -0.4 is 0 Å². The summed E-state index contributed by atoms with van der Waals surface area (Å²) in [4.78, 5) is 13.7. The van der Waals surface area contributed by atoms with Crippen LogP contribution in [0.15, 0.2) is 126 Å². The van der Waals surface area contributed by atoms with Crippen LogP contribution in [0.5, 0.6) is 0 Å². The van der Waals surface area contributed by atoms with E-state index in [-0.39, 0.29) is 0 Å². The summed E-state index contributed by atoms with van der Waals surface area (Å²) in [7, 11) is 3.12. The Morgan fingerprint density at radius 2 is 1.17 bits per heavy atom. The molecule has 1 aliphatic rings. The molecule has 3 heteroatoms. The van der Waals surface area contributed by atoms with E-state index in [2.05, 4.69) is 24.3 Å². The molecular formula is C32H26O3. The molecule has 3 nitrogen and oxygen atoms in total. The Bertz CT molecular complexity index is 1360. The van der Waals surface area contributed by atoms with E-state index >= 15 is 0 Å². The van der Waals surface area contributed by atoms with Crippen LogP contribution in [0.2, 0.25) is 0 Å². The van der Waals surface area contributed by atoms with Gasteiger partial charge in [0.15, 0.2) is 0 Å². The lowest BCUT2D eigenvalue weighted by atomic mass is 9.85. The van der Waals surface area contributed by atoms with E-state index in [1.54, 1.807) is 7.11 Å². The van der Waals surface area contributed by atoms with Crippen molar-refractivity contribution >= 4 is 17.1 Å². The first kappa shape index (κ1) is 22.6. The fraction of sp³-hybridized carbons (Fsp3) is 0.0938. The molecule has 0 bridgehead atoms. The van der Waals surface area contributed by atoms with Crippen molar-refractivity contribution in [3.8, 4) is 0 Å². The fourth-order valence-corrected chi connectivity index (χ4v) is 4.92. The molecule has 0 N–H and O–H groups in total. The van der Waals surface area contributed by atoms with E-state index in [4.69, 9.17) is 9.47 Å². The van der Waals surface area contributed by atoms with Crippen molar-refractivity contribution in [1.82, 2.24) is 0 Å². The van der Waals surface area contributed by atoms with Crippen LogP contribution in [0.3, 0.4) is 0 Å². The largest absolute Gasteiger partial charge is 0.465 e. The summed E-state index contributed by atoms with van der Waals surface area (Å²) in [6, 6.07) is 38.3. The van der Waals surface area contributed by atoms with E-state index in [1.165, 1.54) is 7.11 Å². The number of fused-ring (bicyclic) bond motifs is 1. The standard InChI is InChI=1S/C32H26O3/c1-34-31-26-21-13-12-20-25(26)28(24-18-10-5-11-19-24)29(31)30(32(33)35-2)27(22-14-6-3-7-15-22)23-16-8-4-9-17-23/h3-21,31H,1-2H3. The Morgan fingerprint density at radius 3 is 1.71 bits per heavy atom. The zero-order valence-corrected chi connectivity index (χ0v) is 19.8. The third kappa shape index (κ3) is 4.11. The molecule has 0 aromatic heterocycles. The summed E-state index contributed by atoms with van der Waals surface area (Å²) in [5.41, 5.74) is 8.11. The second-order valence-electron chi connectivity index (χ2n) is 8.33. The highest BCUT2D eigenvalue weighted by atomic mass is 16.5. The van der Waals surface area contributed by atoms with Crippen LogP contribution >= 0.6 is 0 Å². The van der Waals surface area contributed by atoms with Crippen LogP contribution in [0.25, 0.3) is 11.1 Å². The number of rotatable bonds is 6. The summed E-state index contributed by atoms with van der Waals surface area (Å²) in [6.45, 7) is 0. The molecule has 0 spiro atoms. The van der Waals surface area contributed by atoms with Gasteiger partial charge in [0.2, 0.25) is 0 Å². The zero-order chi connectivity index (χ0) is 24.2. The van der Waals surface area contributed by atoms with Gasteiger partial charge in [0, 0.05) is 18.3 Å². The average Bonchev–Trinajstić information content (AvgIpc) is 3.26. The number of ether oxygens (including phenoxy) is 2. The van der Waals surface area contributed by atoms with Gasteiger partial charge in [-0.05, 0) is 33.4 Å². The lowest BCUT2D eigenvalue weighted by Gasteiger charge is -2.22. The number of hydrogen-bond donors (Lipinski definition) is 0. The number of benzene rings is 4. The number of hydrogen-bond acceptors (Lipinski definition) is 3. The third-order valence-corrected chi connectivity index (χ3v) is 6.38. The maximum Gasteiger partial charge on any atom is 0.338 e. The van der Waals surface area contributed by atoms with E-state index in [0.717, 1.165) is 44.5 Å². The Kier molecular flexibility index (Phi) is 6.42. The molecule has 0 heterocycles. The summed E-state index contributed by atoms with van der Waals surface area (Å²) in [5, 5.41) is 0. The minimum absolute atomic E-state index is 0.397. The second kappa shape index (κ2) is 9.96. The first-order valence-corrected chi connectivity index (χ1v) is 11.6. The molecule has 0 amide bonds. The summed E-state index contributed by atoms with van der Waals surface area (Å²) >= 11 is 0. The maximum absolute atomic E-state index is 13.7. The highest BCUT2D eigenvalue weighted by molar-refractivity contribution is 6.10. The molecule has 4 aromatic carbocycles. The van der Waals surface area contributed by atoms with Gasteiger partial charge >= 0.3 is 5.97 Å². The molecule has 35 heavy (non-hydrogen) atoms. The summed E-state index contributed by atoms with van der Waals surface area (Å²) < 4.78 is 11.5. The van der Waals surface area contributed by atoms with Crippen molar-refractivity contribution in [2.45, 2.75) is 6.10 Å². The minimum atomic E-state index is -0.419. The summed E-state index contributed by atoms with van der Waals surface area (Å²) in [6.07, 6.45) is -0.419. The molecule has 0 radical (unpaired) electrons. The predicted octanol–water partition coefficient (Wildman–Crippen LogP) is 6.86. The van der Waals surface area contributed by atoms with E-state index in [9.17, 15) is 4.79 Å².